The maximum absolute atomic E-state index is 10.8. The maximum Gasteiger partial charge on any atom is 0.186 e. The number of thioether (sulfide) groups is 1. The van der Waals surface area contributed by atoms with Gasteiger partial charge in [-0.05, 0) is 0 Å². The maximum atomic E-state index is 10.8. The van der Waals surface area contributed by atoms with Crippen LogP contribution in [0.15, 0.2) is 0 Å². The molecule has 0 aromatic heterocycles. The highest BCUT2D eigenvalue weighted by atomic mass is 32.2. The Kier molecular flexibility index (Phi) is 4.33. The van der Waals surface area contributed by atoms with Crippen molar-refractivity contribution in [2.45, 2.75) is 30.7 Å². The first-order valence-corrected chi connectivity index (χ1v) is 5.12. The van der Waals surface area contributed by atoms with Crippen LogP contribution in [-0.2, 0) is 14.3 Å². The van der Waals surface area contributed by atoms with Crippen molar-refractivity contribution in [2.24, 2.45) is 0 Å². The minimum Gasteiger partial charge on any atom is -0.389 e. The third-order valence-corrected chi connectivity index (χ3v) is 3.03. The fraction of sp³-hybridized carbons (Fsp3) is 0.875. The summed E-state index contributed by atoms with van der Waals surface area (Å²) >= 11 is 0.970. The van der Waals surface area contributed by atoms with Crippen LogP contribution in [-0.4, -0.2) is 52.8 Å². The van der Waals surface area contributed by atoms with E-state index in [1.807, 2.05) is 0 Å². The molecule has 1 rings (SSSR count). The van der Waals surface area contributed by atoms with E-state index in [1.165, 1.54) is 14.0 Å². The number of aliphatic hydroxyl groups excluding tert-OH is 2. The summed E-state index contributed by atoms with van der Waals surface area (Å²) in [6, 6.07) is 0. The normalized spacial score (nSPS) is 38.3. The molecule has 14 heavy (non-hydrogen) atoms. The molecule has 1 aliphatic rings. The van der Waals surface area contributed by atoms with E-state index in [0.29, 0.717) is 0 Å². The Morgan fingerprint density at radius 1 is 1.50 bits per heavy atom. The van der Waals surface area contributed by atoms with Crippen molar-refractivity contribution < 1.29 is 24.5 Å². The van der Waals surface area contributed by atoms with Gasteiger partial charge < -0.3 is 19.7 Å². The van der Waals surface area contributed by atoms with Gasteiger partial charge in [0.25, 0.3) is 0 Å². The molecule has 5 nitrogen and oxygen atoms in total. The topological polar surface area (TPSA) is 76.0 Å². The van der Waals surface area contributed by atoms with Crippen molar-refractivity contribution in [2.75, 3.05) is 13.7 Å². The van der Waals surface area contributed by atoms with Crippen molar-refractivity contribution in [3.63, 3.8) is 0 Å². The number of aliphatic hydroxyl groups is 2. The monoisotopic (exact) mass is 222 g/mol. The lowest BCUT2D eigenvalue weighted by atomic mass is 10.1. The zero-order chi connectivity index (χ0) is 10.7. The van der Waals surface area contributed by atoms with E-state index < -0.39 is 23.7 Å². The predicted octanol–water partition coefficient (Wildman–Crippen LogP) is -0.641. The second-order valence-electron chi connectivity index (χ2n) is 3.07. The van der Waals surface area contributed by atoms with E-state index in [9.17, 15) is 15.0 Å². The van der Waals surface area contributed by atoms with Crippen LogP contribution < -0.4 is 0 Å². The second-order valence-corrected chi connectivity index (χ2v) is 4.48. The van der Waals surface area contributed by atoms with Crippen LogP contribution >= 0.6 is 11.8 Å². The minimum absolute atomic E-state index is 0.110. The first kappa shape index (κ1) is 11.9. The molecule has 1 heterocycles. The average Bonchev–Trinajstić information content (AvgIpc) is 2.13. The summed E-state index contributed by atoms with van der Waals surface area (Å²) in [5, 5.41) is 18.6. The van der Waals surface area contributed by atoms with E-state index in [4.69, 9.17) is 9.47 Å². The average molecular weight is 222 g/mol. The molecule has 0 aromatic rings. The van der Waals surface area contributed by atoms with Crippen molar-refractivity contribution in [3.05, 3.63) is 0 Å². The molecule has 6 heteroatoms. The molecule has 2 N–H and O–H groups in total. The van der Waals surface area contributed by atoms with E-state index in [0.717, 1.165) is 11.8 Å². The quantitative estimate of drug-likeness (QED) is 0.647. The Balaban J connectivity index is 2.54. The highest BCUT2D eigenvalue weighted by Gasteiger charge is 2.39. The summed E-state index contributed by atoms with van der Waals surface area (Å²) < 4.78 is 9.92. The molecule has 1 fully saturated rings. The molecule has 1 saturated heterocycles. The first-order chi connectivity index (χ1) is 6.56. The summed E-state index contributed by atoms with van der Waals surface area (Å²) in [7, 11) is 1.39. The summed E-state index contributed by atoms with van der Waals surface area (Å²) in [5.41, 5.74) is 0. The summed E-state index contributed by atoms with van der Waals surface area (Å²) in [6.45, 7) is 1.60. The Morgan fingerprint density at radius 3 is 2.64 bits per heavy atom. The Morgan fingerprint density at radius 2 is 2.14 bits per heavy atom. The molecular formula is C8H14O5S. The van der Waals surface area contributed by atoms with Gasteiger partial charge in [0.15, 0.2) is 11.4 Å². The zero-order valence-corrected chi connectivity index (χ0v) is 8.86. The number of methoxy groups -OCH3 is 1. The molecule has 0 aliphatic carbocycles. The first-order valence-electron chi connectivity index (χ1n) is 4.24. The van der Waals surface area contributed by atoms with Gasteiger partial charge in [-0.25, -0.2) is 0 Å². The third-order valence-electron chi connectivity index (χ3n) is 1.98. The van der Waals surface area contributed by atoms with Gasteiger partial charge in [-0.2, -0.15) is 0 Å². The van der Waals surface area contributed by atoms with E-state index >= 15 is 0 Å². The summed E-state index contributed by atoms with van der Waals surface area (Å²) in [4.78, 5) is 10.8. The molecule has 0 spiro atoms. The van der Waals surface area contributed by atoms with Gasteiger partial charge in [0.1, 0.15) is 6.10 Å². The smallest absolute Gasteiger partial charge is 0.186 e. The van der Waals surface area contributed by atoms with Gasteiger partial charge in [-0.1, -0.05) is 11.8 Å². The number of ether oxygens (including phenoxy) is 2. The summed E-state index contributed by atoms with van der Waals surface area (Å²) in [6.07, 6.45) is -2.91. The standard InChI is InChI=1S/C8H14O5S/c1-4(9)14-5-3-13-8(12-2)7(11)6(5)10/h5-8,10-11H,3H2,1-2H3. The number of hydrogen-bond acceptors (Lipinski definition) is 6. The van der Waals surface area contributed by atoms with Crippen LogP contribution in [0.3, 0.4) is 0 Å². The third kappa shape index (κ3) is 2.68. The molecule has 0 aromatic carbocycles. The van der Waals surface area contributed by atoms with E-state index in [-0.39, 0.29) is 11.7 Å². The van der Waals surface area contributed by atoms with Gasteiger partial charge >= 0.3 is 0 Å². The minimum atomic E-state index is -1.11. The lowest BCUT2D eigenvalue weighted by Gasteiger charge is -2.35. The molecule has 4 unspecified atom stereocenters. The van der Waals surface area contributed by atoms with Crippen LogP contribution in [0, 0.1) is 0 Å². The SMILES string of the molecule is COC1OCC(SC(C)=O)C(O)C1O. The fourth-order valence-electron chi connectivity index (χ4n) is 1.29. The van der Waals surface area contributed by atoms with Crippen molar-refractivity contribution in [3.8, 4) is 0 Å². The van der Waals surface area contributed by atoms with E-state index in [2.05, 4.69) is 0 Å². The number of carbonyl (C=O) groups excluding carboxylic acids is 1. The van der Waals surface area contributed by atoms with Gasteiger partial charge in [0.2, 0.25) is 0 Å². The molecule has 0 amide bonds. The molecule has 0 radical (unpaired) electrons. The van der Waals surface area contributed by atoms with Gasteiger partial charge in [-0.15, -0.1) is 0 Å². The van der Waals surface area contributed by atoms with E-state index in [1.54, 1.807) is 0 Å². The van der Waals surface area contributed by atoms with Crippen molar-refractivity contribution >= 4 is 16.9 Å². The van der Waals surface area contributed by atoms with Crippen molar-refractivity contribution in [1.29, 1.82) is 0 Å². The number of hydrogen-bond donors (Lipinski definition) is 2. The highest BCUT2D eigenvalue weighted by Crippen LogP contribution is 2.25. The Labute approximate surface area is 86.4 Å². The number of rotatable bonds is 2. The molecular weight excluding hydrogens is 208 g/mol. The largest absolute Gasteiger partial charge is 0.389 e. The molecule has 4 atom stereocenters. The van der Waals surface area contributed by atoms with Crippen molar-refractivity contribution in [1.82, 2.24) is 0 Å². The van der Waals surface area contributed by atoms with Gasteiger partial charge in [-0.3, -0.25) is 4.79 Å². The predicted molar refractivity (Wildman–Crippen MR) is 50.8 cm³/mol. The van der Waals surface area contributed by atoms with Crippen LogP contribution in [0.4, 0.5) is 0 Å². The Hall–Kier alpha value is -0.140. The van der Waals surface area contributed by atoms with Crippen LogP contribution in [0.1, 0.15) is 6.92 Å². The summed E-state index contributed by atoms with van der Waals surface area (Å²) in [5.74, 6) is 0. The second kappa shape index (κ2) is 5.09. The molecule has 0 bridgehead atoms. The molecule has 82 valence electrons. The lowest BCUT2D eigenvalue weighted by Crippen LogP contribution is -2.52. The lowest BCUT2D eigenvalue weighted by molar-refractivity contribution is -0.229. The van der Waals surface area contributed by atoms with Crippen LogP contribution in [0.25, 0.3) is 0 Å². The molecule has 1 aliphatic heterocycles. The van der Waals surface area contributed by atoms with Gasteiger partial charge in [0.05, 0.1) is 18.0 Å². The Bertz CT molecular complexity index is 210. The van der Waals surface area contributed by atoms with Gasteiger partial charge in [0, 0.05) is 14.0 Å². The van der Waals surface area contributed by atoms with Crippen LogP contribution in [0.2, 0.25) is 0 Å². The fourth-order valence-corrected chi connectivity index (χ4v) is 2.17. The molecule has 0 saturated carbocycles. The highest BCUT2D eigenvalue weighted by molar-refractivity contribution is 8.14. The number of carbonyl (C=O) groups is 1. The van der Waals surface area contributed by atoms with Crippen LogP contribution in [0.5, 0.6) is 0 Å². The zero-order valence-electron chi connectivity index (χ0n) is 8.04.